The number of nitro benzene ring substituents is 1. The third-order valence-corrected chi connectivity index (χ3v) is 4.40. The van der Waals surface area contributed by atoms with E-state index >= 15 is 0 Å². The number of hydrogen-bond acceptors (Lipinski definition) is 6. The van der Waals surface area contributed by atoms with Gasteiger partial charge in [-0.05, 0) is 42.8 Å². The lowest BCUT2D eigenvalue weighted by Gasteiger charge is -2.08. The minimum absolute atomic E-state index is 0.0902. The number of rotatable bonds is 8. The molecule has 0 radical (unpaired) electrons. The summed E-state index contributed by atoms with van der Waals surface area (Å²) >= 11 is 0. The SMILES string of the molecule is COc1ccc(-c2ccc(=O)n(CCCC(=O)Nc3ccccc3[N+](=O)[O-])n2)cc1. The van der Waals surface area contributed by atoms with Gasteiger partial charge in [0.25, 0.3) is 11.2 Å². The Morgan fingerprint density at radius 2 is 1.87 bits per heavy atom. The van der Waals surface area contributed by atoms with Gasteiger partial charge >= 0.3 is 0 Å². The van der Waals surface area contributed by atoms with E-state index in [2.05, 4.69) is 10.4 Å². The van der Waals surface area contributed by atoms with Crippen LogP contribution in [0.25, 0.3) is 11.3 Å². The molecule has 9 heteroatoms. The van der Waals surface area contributed by atoms with Crippen molar-refractivity contribution in [2.75, 3.05) is 12.4 Å². The lowest BCUT2D eigenvalue weighted by Crippen LogP contribution is -2.23. The lowest BCUT2D eigenvalue weighted by atomic mass is 10.1. The number of aryl methyl sites for hydroxylation is 1. The van der Waals surface area contributed by atoms with E-state index in [0.717, 1.165) is 11.3 Å². The zero-order valence-corrected chi connectivity index (χ0v) is 16.3. The molecule has 30 heavy (non-hydrogen) atoms. The highest BCUT2D eigenvalue weighted by Crippen LogP contribution is 2.23. The Balaban J connectivity index is 1.62. The predicted molar refractivity (Wildman–Crippen MR) is 111 cm³/mol. The van der Waals surface area contributed by atoms with Crippen molar-refractivity contribution in [3.05, 3.63) is 81.1 Å². The van der Waals surface area contributed by atoms with E-state index in [1.54, 1.807) is 31.4 Å². The molecule has 0 spiro atoms. The van der Waals surface area contributed by atoms with Crippen molar-refractivity contribution >= 4 is 17.3 Å². The Morgan fingerprint density at radius 3 is 2.57 bits per heavy atom. The summed E-state index contributed by atoms with van der Waals surface area (Å²) in [6, 6.07) is 16.3. The average molecular weight is 408 g/mol. The Bertz CT molecular complexity index is 1110. The van der Waals surface area contributed by atoms with Crippen molar-refractivity contribution in [3.63, 3.8) is 0 Å². The molecule has 1 heterocycles. The van der Waals surface area contributed by atoms with Gasteiger partial charge in [-0.25, -0.2) is 4.68 Å². The summed E-state index contributed by atoms with van der Waals surface area (Å²) in [5.74, 6) is 0.348. The van der Waals surface area contributed by atoms with E-state index in [1.807, 2.05) is 12.1 Å². The van der Waals surface area contributed by atoms with Gasteiger partial charge in [-0.1, -0.05) is 12.1 Å². The number of hydrogen-bond donors (Lipinski definition) is 1. The van der Waals surface area contributed by atoms with Crippen molar-refractivity contribution in [2.45, 2.75) is 19.4 Å². The third kappa shape index (κ3) is 5.07. The van der Waals surface area contributed by atoms with Crippen LogP contribution in [0.2, 0.25) is 0 Å². The van der Waals surface area contributed by atoms with Crippen LogP contribution in [0.1, 0.15) is 12.8 Å². The summed E-state index contributed by atoms with van der Waals surface area (Å²) in [7, 11) is 1.58. The molecule has 0 bridgehead atoms. The molecular formula is C21H20N4O5. The third-order valence-electron chi connectivity index (χ3n) is 4.40. The molecule has 0 fully saturated rings. The van der Waals surface area contributed by atoms with Crippen LogP contribution in [-0.4, -0.2) is 27.7 Å². The van der Waals surface area contributed by atoms with Crippen LogP contribution < -0.4 is 15.6 Å². The largest absolute Gasteiger partial charge is 0.497 e. The van der Waals surface area contributed by atoms with Crippen LogP contribution in [0.15, 0.2) is 65.5 Å². The van der Waals surface area contributed by atoms with Crippen LogP contribution in [-0.2, 0) is 11.3 Å². The number of anilines is 1. The highest BCUT2D eigenvalue weighted by atomic mass is 16.6. The Hall–Kier alpha value is -4.01. The number of carbonyl (C=O) groups is 1. The molecule has 154 valence electrons. The van der Waals surface area contributed by atoms with Gasteiger partial charge in [-0.15, -0.1) is 0 Å². The van der Waals surface area contributed by atoms with Gasteiger partial charge < -0.3 is 10.1 Å². The number of carbonyl (C=O) groups excluding carboxylic acids is 1. The molecule has 1 aromatic heterocycles. The fraction of sp³-hybridized carbons (Fsp3) is 0.190. The standard InChI is InChI=1S/C21H20N4O5/c1-30-16-10-8-15(9-11-16)17-12-13-21(27)24(23-17)14-4-7-20(26)22-18-5-2-3-6-19(18)25(28)29/h2-3,5-6,8-13H,4,7,14H2,1H3,(H,22,26). The van der Waals surface area contributed by atoms with Gasteiger partial charge in [0.05, 0.1) is 17.7 Å². The van der Waals surface area contributed by atoms with Gasteiger partial charge in [0.2, 0.25) is 5.91 Å². The molecule has 0 aliphatic heterocycles. The first-order chi connectivity index (χ1) is 14.5. The summed E-state index contributed by atoms with van der Waals surface area (Å²) in [6.45, 7) is 0.243. The Kier molecular flexibility index (Phi) is 6.53. The molecular weight excluding hydrogens is 388 g/mol. The van der Waals surface area contributed by atoms with E-state index in [9.17, 15) is 19.7 Å². The quantitative estimate of drug-likeness (QED) is 0.452. The minimum Gasteiger partial charge on any atom is -0.497 e. The number of amides is 1. The second kappa shape index (κ2) is 9.46. The van der Waals surface area contributed by atoms with Crippen molar-refractivity contribution in [2.24, 2.45) is 0 Å². The van der Waals surface area contributed by atoms with Crippen molar-refractivity contribution in [1.82, 2.24) is 9.78 Å². The monoisotopic (exact) mass is 408 g/mol. The Labute approximate surface area is 172 Å². The van der Waals surface area contributed by atoms with Gasteiger partial charge in [0, 0.05) is 30.7 Å². The maximum atomic E-state index is 12.2. The molecule has 1 amide bonds. The number of nitro groups is 1. The van der Waals surface area contributed by atoms with Crippen molar-refractivity contribution in [3.8, 4) is 17.0 Å². The second-order valence-corrected chi connectivity index (χ2v) is 6.43. The predicted octanol–water partition coefficient (Wildman–Crippen LogP) is 3.25. The summed E-state index contributed by atoms with van der Waals surface area (Å²) < 4.78 is 6.44. The van der Waals surface area contributed by atoms with E-state index in [-0.39, 0.29) is 35.8 Å². The molecule has 3 rings (SSSR count). The zero-order chi connectivity index (χ0) is 21.5. The smallest absolute Gasteiger partial charge is 0.292 e. The molecule has 2 aromatic carbocycles. The number of benzene rings is 2. The molecule has 1 N–H and O–H groups in total. The van der Waals surface area contributed by atoms with Crippen LogP contribution in [0.3, 0.4) is 0 Å². The van der Waals surface area contributed by atoms with Crippen molar-refractivity contribution < 1.29 is 14.5 Å². The molecule has 0 aliphatic rings. The first-order valence-electron chi connectivity index (χ1n) is 9.24. The van der Waals surface area contributed by atoms with E-state index < -0.39 is 4.92 Å². The highest BCUT2D eigenvalue weighted by molar-refractivity contribution is 5.92. The summed E-state index contributed by atoms with van der Waals surface area (Å²) in [5.41, 5.74) is 1.16. The number of ether oxygens (including phenoxy) is 1. The lowest BCUT2D eigenvalue weighted by molar-refractivity contribution is -0.383. The van der Waals surface area contributed by atoms with Crippen LogP contribution in [0, 0.1) is 10.1 Å². The molecule has 0 saturated heterocycles. The fourth-order valence-electron chi connectivity index (χ4n) is 2.87. The van der Waals surface area contributed by atoms with Gasteiger partial charge in [0.1, 0.15) is 11.4 Å². The van der Waals surface area contributed by atoms with Gasteiger partial charge in [0.15, 0.2) is 0 Å². The maximum Gasteiger partial charge on any atom is 0.292 e. The molecule has 0 unspecified atom stereocenters. The second-order valence-electron chi connectivity index (χ2n) is 6.43. The normalized spacial score (nSPS) is 10.4. The summed E-state index contributed by atoms with van der Waals surface area (Å²) in [5, 5.41) is 17.9. The molecule has 3 aromatic rings. The maximum absolute atomic E-state index is 12.2. The van der Waals surface area contributed by atoms with Crippen LogP contribution in [0.5, 0.6) is 5.75 Å². The van der Waals surface area contributed by atoms with Crippen LogP contribution in [0.4, 0.5) is 11.4 Å². The van der Waals surface area contributed by atoms with Crippen molar-refractivity contribution in [1.29, 1.82) is 0 Å². The molecule has 0 aliphatic carbocycles. The van der Waals surface area contributed by atoms with Gasteiger partial charge in [-0.3, -0.25) is 19.7 Å². The molecule has 0 atom stereocenters. The average Bonchev–Trinajstić information content (AvgIpc) is 2.75. The number of aromatic nitrogens is 2. The molecule has 0 saturated carbocycles. The highest BCUT2D eigenvalue weighted by Gasteiger charge is 2.14. The van der Waals surface area contributed by atoms with E-state index in [1.165, 1.54) is 28.9 Å². The number of para-hydroxylation sites is 2. The first-order valence-corrected chi connectivity index (χ1v) is 9.24. The van der Waals surface area contributed by atoms with E-state index in [4.69, 9.17) is 4.74 Å². The number of nitrogens with zero attached hydrogens (tertiary/aromatic N) is 3. The summed E-state index contributed by atoms with van der Waals surface area (Å²) in [6.07, 6.45) is 0.443. The number of nitrogens with one attached hydrogen (secondary N) is 1. The van der Waals surface area contributed by atoms with E-state index in [0.29, 0.717) is 12.1 Å². The Morgan fingerprint density at radius 1 is 1.13 bits per heavy atom. The van der Waals surface area contributed by atoms with Crippen LogP contribution >= 0.6 is 0 Å². The zero-order valence-electron chi connectivity index (χ0n) is 16.3. The minimum atomic E-state index is -0.552. The molecule has 9 nitrogen and oxygen atoms in total. The number of methoxy groups -OCH3 is 1. The summed E-state index contributed by atoms with van der Waals surface area (Å²) in [4.78, 5) is 34.7. The topological polar surface area (TPSA) is 116 Å². The first kappa shape index (κ1) is 20.7. The van der Waals surface area contributed by atoms with Gasteiger partial charge in [-0.2, -0.15) is 5.10 Å². The fourth-order valence-corrected chi connectivity index (χ4v) is 2.87.